The minimum absolute atomic E-state index is 0. The van der Waals surface area contributed by atoms with E-state index in [9.17, 15) is 4.79 Å². The fraction of sp³-hybridized carbons (Fsp3) is 0.778. The summed E-state index contributed by atoms with van der Waals surface area (Å²) in [6.07, 6.45) is 1.66. The molecule has 2 unspecified atom stereocenters. The Kier molecular flexibility index (Phi) is 13.3. The van der Waals surface area contributed by atoms with Gasteiger partial charge in [0.2, 0.25) is 0 Å². The van der Waals surface area contributed by atoms with Crippen LogP contribution in [0.5, 0.6) is 0 Å². The average Bonchev–Trinajstić information content (AvgIpc) is 2.50. The molecule has 0 aromatic rings. The van der Waals surface area contributed by atoms with Gasteiger partial charge in [0.1, 0.15) is 5.78 Å². The zero-order valence-corrected chi connectivity index (χ0v) is 16.9. The van der Waals surface area contributed by atoms with Crippen LogP contribution < -0.4 is 0 Å². The maximum absolute atomic E-state index is 12.3. The first-order valence-electron chi connectivity index (χ1n) is 8.29. The number of carbonyl (C=O) groups excluding carboxylic acids is 1. The normalized spacial score (nSPS) is 23.5. The molecule has 1 heterocycles. The number of hydrogen-bond donors (Lipinski definition) is 0. The molecule has 1 aliphatic rings. The molecule has 24 heavy (non-hydrogen) atoms. The molecule has 0 aromatic carbocycles. The van der Waals surface area contributed by atoms with Gasteiger partial charge in [-0.05, 0) is 26.4 Å². The van der Waals surface area contributed by atoms with E-state index in [1.54, 1.807) is 0 Å². The molecule has 0 saturated carbocycles. The van der Waals surface area contributed by atoms with Gasteiger partial charge in [-0.15, -0.1) is 24.8 Å². The van der Waals surface area contributed by atoms with Gasteiger partial charge in [0.05, 0.1) is 19.2 Å². The van der Waals surface area contributed by atoms with Crippen LogP contribution in [0.2, 0.25) is 0 Å². The van der Waals surface area contributed by atoms with E-state index in [0.29, 0.717) is 38.1 Å². The van der Waals surface area contributed by atoms with Crippen LogP contribution in [0.15, 0.2) is 0 Å². The minimum atomic E-state index is -0.386. The average molecular weight is 376 g/mol. The van der Waals surface area contributed by atoms with Crippen molar-refractivity contribution in [1.29, 1.82) is 5.26 Å². The molecule has 0 radical (unpaired) electrons. The first-order valence-corrected chi connectivity index (χ1v) is 8.29. The van der Waals surface area contributed by atoms with Crippen LogP contribution in [0.1, 0.15) is 47.0 Å². The van der Waals surface area contributed by atoms with E-state index in [1.165, 1.54) is 0 Å². The molecular weight excluding hydrogens is 345 g/mol. The number of likely N-dealkylation sites (tertiary alicyclic amines) is 1. The molecule has 0 aromatic heterocycles. The Morgan fingerprint density at radius 2 is 1.92 bits per heavy atom. The van der Waals surface area contributed by atoms with Gasteiger partial charge in [0.15, 0.2) is 0 Å². The Balaban J connectivity index is 0. The highest BCUT2D eigenvalue weighted by molar-refractivity contribution is 5.86. The zero-order valence-electron chi connectivity index (χ0n) is 15.3. The summed E-state index contributed by atoms with van der Waals surface area (Å²) in [7, 11) is 0. The lowest BCUT2D eigenvalue weighted by atomic mass is 9.75. The van der Waals surface area contributed by atoms with E-state index in [4.69, 9.17) is 5.26 Å². The summed E-state index contributed by atoms with van der Waals surface area (Å²) < 4.78 is 0. The lowest BCUT2D eigenvalue weighted by Crippen LogP contribution is -2.52. The molecule has 0 N–H and O–H groups in total. The second-order valence-corrected chi connectivity index (χ2v) is 6.42. The van der Waals surface area contributed by atoms with Gasteiger partial charge in [-0.3, -0.25) is 14.6 Å². The van der Waals surface area contributed by atoms with Gasteiger partial charge >= 0.3 is 0 Å². The number of Topliss-reactive ketones (excluding diaryl/α,β-unsaturated/α-hetero) is 1. The standard InChI is InChI=1S/C18H29N3O.2ClH/c1-5-20(6-2)12-7-8-13-21-15-18(4,10-9-11-19)17(22)14-16(21)3;;/h16H,5-6,9-10,12-15H2,1-4H3;2*1H. The van der Waals surface area contributed by atoms with Crippen molar-refractivity contribution in [3.63, 3.8) is 0 Å². The molecule has 4 nitrogen and oxygen atoms in total. The van der Waals surface area contributed by atoms with E-state index in [0.717, 1.165) is 19.6 Å². The summed E-state index contributed by atoms with van der Waals surface area (Å²) in [5.41, 5.74) is -0.386. The quantitative estimate of drug-likeness (QED) is 0.669. The van der Waals surface area contributed by atoms with E-state index >= 15 is 0 Å². The Bertz CT molecular complexity index is 477. The van der Waals surface area contributed by atoms with Crippen LogP contribution in [0.3, 0.4) is 0 Å². The van der Waals surface area contributed by atoms with Crippen molar-refractivity contribution in [3.8, 4) is 17.9 Å². The van der Waals surface area contributed by atoms with Gasteiger partial charge in [-0.1, -0.05) is 32.6 Å². The van der Waals surface area contributed by atoms with Crippen molar-refractivity contribution in [3.05, 3.63) is 0 Å². The van der Waals surface area contributed by atoms with Crippen molar-refractivity contribution in [2.75, 3.05) is 32.7 Å². The summed E-state index contributed by atoms with van der Waals surface area (Å²) in [6, 6.07) is 2.40. The third-order valence-corrected chi connectivity index (χ3v) is 4.72. The Labute approximate surface area is 159 Å². The number of carbonyl (C=O) groups is 1. The van der Waals surface area contributed by atoms with Gasteiger partial charge in [0.25, 0.3) is 0 Å². The summed E-state index contributed by atoms with van der Waals surface area (Å²) in [4.78, 5) is 16.9. The molecule has 1 saturated heterocycles. The number of halogens is 2. The zero-order chi connectivity index (χ0) is 16.6. The second kappa shape index (κ2) is 12.6. The van der Waals surface area contributed by atoms with Crippen LogP contribution in [-0.4, -0.2) is 54.3 Å². The number of rotatable bonds is 6. The molecule has 2 atom stereocenters. The van der Waals surface area contributed by atoms with Crippen molar-refractivity contribution in [2.45, 2.75) is 53.0 Å². The molecule has 1 aliphatic heterocycles. The number of piperidine rings is 1. The predicted octanol–water partition coefficient (Wildman–Crippen LogP) is 3.15. The van der Waals surface area contributed by atoms with Crippen LogP contribution in [0.25, 0.3) is 0 Å². The van der Waals surface area contributed by atoms with E-state index in [-0.39, 0.29) is 36.3 Å². The SMILES string of the molecule is CCN(CC)CC#CCN1CC(C)(CCC#N)C(=O)CC1C.Cl.Cl. The number of nitriles is 1. The first kappa shape index (κ1) is 25.5. The van der Waals surface area contributed by atoms with Gasteiger partial charge < -0.3 is 0 Å². The predicted molar refractivity (Wildman–Crippen MR) is 104 cm³/mol. The van der Waals surface area contributed by atoms with Crippen molar-refractivity contribution >= 4 is 30.6 Å². The Hall–Kier alpha value is -0.780. The molecule has 0 amide bonds. The maximum Gasteiger partial charge on any atom is 0.141 e. The molecule has 6 heteroatoms. The highest BCUT2D eigenvalue weighted by Gasteiger charge is 2.40. The van der Waals surface area contributed by atoms with Gasteiger partial charge in [-0.25, -0.2) is 0 Å². The molecule has 0 aliphatic carbocycles. The van der Waals surface area contributed by atoms with Crippen LogP contribution in [0, 0.1) is 28.6 Å². The Morgan fingerprint density at radius 3 is 2.46 bits per heavy atom. The molecular formula is C18H31Cl2N3O. The lowest BCUT2D eigenvalue weighted by molar-refractivity contribution is -0.135. The van der Waals surface area contributed by atoms with E-state index in [1.807, 2.05) is 6.92 Å². The lowest BCUT2D eigenvalue weighted by Gasteiger charge is -2.42. The second-order valence-electron chi connectivity index (χ2n) is 6.42. The van der Waals surface area contributed by atoms with Gasteiger partial charge in [0, 0.05) is 30.8 Å². The van der Waals surface area contributed by atoms with Crippen LogP contribution in [-0.2, 0) is 4.79 Å². The smallest absolute Gasteiger partial charge is 0.141 e. The fourth-order valence-corrected chi connectivity index (χ4v) is 2.87. The van der Waals surface area contributed by atoms with Crippen LogP contribution >= 0.6 is 24.8 Å². The first-order chi connectivity index (χ1) is 10.5. The van der Waals surface area contributed by atoms with Crippen LogP contribution in [0.4, 0.5) is 0 Å². The third kappa shape index (κ3) is 7.41. The number of hydrogen-bond acceptors (Lipinski definition) is 4. The highest BCUT2D eigenvalue weighted by atomic mass is 35.5. The molecule has 1 fully saturated rings. The summed E-state index contributed by atoms with van der Waals surface area (Å²) >= 11 is 0. The van der Waals surface area contributed by atoms with Crippen molar-refractivity contribution < 1.29 is 4.79 Å². The van der Waals surface area contributed by atoms with Crippen molar-refractivity contribution in [1.82, 2.24) is 9.80 Å². The minimum Gasteiger partial charge on any atom is -0.299 e. The number of ketones is 1. The highest BCUT2D eigenvalue weighted by Crippen LogP contribution is 2.33. The molecule has 138 valence electrons. The van der Waals surface area contributed by atoms with E-state index in [2.05, 4.69) is 48.5 Å². The summed E-state index contributed by atoms with van der Waals surface area (Å²) in [5.74, 6) is 6.78. The third-order valence-electron chi connectivity index (χ3n) is 4.72. The number of nitrogens with zero attached hydrogens (tertiary/aromatic N) is 3. The monoisotopic (exact) mass is 375 g/mol. The largest absolute Gasteiger partial charge is 0.299 e. The summed E-state index contributed by atoms with van der Waals surface area (Å²) in [6.45, 7) is 12.6. The maximum atomic E-state index is 12.3. The molecule has 0 bridgehead atoms. The van der Waals surface area contributed by atoms with Crippen molar-refractivity contribution in [2.24, 2.45) is 5.41 Å². The summed E-state index contributed by atoms with van der Waals surface area (Å²) in [5, 5.41) is 8.79. The fourth-order valence-electron chi connectivity index (χ4n) is 2.87. The van der Waals surface area contributed by atoms with Gasteiger partial charge in [-0.2, -0.15) is 5.26 Å². The molecule has 1 rings (SSSR count). The topological polar surface area (TPSA) is 47.3 Å². The van der Waals surface area contributed by atoms with E-state index < -0.39 is 0 Å². The Morgan fingerprint density at radius 1 is 1.29 bits per heavy atom. The molecule has 0 spiro atoms.